The summed E-state index contributed by atoms with van der Waals surface area (Å²) in [6.45, 7) is 1.18. The minimum Gasteiger partial charge on any atom is -0.479 e. The molecule has 0 saturated heterocycles. The molecule has 1 rings (SSSR count). The molecule has 0 bridgehead atoms. The Morgan fingerprint density at radius 3 is 2.60 bits per heavy atom. The van der Waals surface area contributed by atoms with Crippen LogP contribution in [0.4, 0.5) is 0 Å². The van der Waals surface area contributed by atoms with Crippen molar-refractivity contribution in [3.8, 4) is 0 Å². The molecule has 0 spiro atoms. The van der Waals surface area contributed by atoms with Gasteiger partial charge in [0.25, 0.3) is 0 Å². The molecule has 4 nitrogen and oxygen atoms in total. The highest BCUT2D eigenvalue weighted by atomic mass is 16.4. The first-order chi connectivity index (χ1) is 7.20. The van der Waals surface area contributed by atoms with Crippen LogP contribution in [0.15, 0.2) is 30.3 Å². The highest BCUT2D eigenvalue weighted by molar-refractivity contribution is 5.71. The third-order valence-electron chi connectivity index (χ3n) is 2.05. The third-order valence-corrected chi connectivity index (χ3v) is 2.05. The minimum atomic E-state index is -1.27. The van der Waals surface area contributed by atoms with Gasteiger partial charge in [-0.1, -0.05) is 30.3 Å². The summed E-state index contributed by atoms with van der Waals surface area (Å²) in [5.41, 5.74) is 1.14. The average molecular weight is 209 g/mol. The van der Waals surface area contributed by atoms with Crippen molar-refractivity contribution in [2.24, 2.45) is 0 Å². The second-order valence-corrected chi connectivity index (χ2v) is 3.31. The Hall–Kier alpha value is -1.39. The standard InChI is InChI=1S/C11H15NO3/c13-10(11(14)15)6-7-12-8-9-4-2-1-3-5-9/h1-5,10,12-13H,6-8H2,(H,14,15)/t10-/m0/s1. The van der Waals surface area contributed by atoms with E-state index in [9.17, 15) is 4.79 Å². The number of rotatable bonds is 6. The van der Waals surface area contributed by atoms with Gasteiger partial charge in [-0.25, -0.2) is 4.79 Å². The molecule has 1 atom stereocenters. The van der Waals surface area contributed by atoms with Crippen molar-refractivity contribution in [3.63, 3.8) is 0 Å². The fourth-order valence-electron chi connectivity index (χ4n) is 1.19. The van der Waals surface area contributed by atoms with Crippen LogP contribution in [0.3, 0.4) is 0 Å². The van der Waals surface area contributed by atoms with Gasteiger partial charge in [-0.15, -0.1) is 0 Å². The van der Waals surface area contributed by atoms with E-state index in [2.05, 4.69) is 5.32 Å². The van der Waals surface area contributed by atoms with Crippen LogP contribution < -0.4 is 5.32 Å². The molecule has 0 fully saturated rings. The molecule has 0 unspecified atom stereocenters. The van der Waals surface area contributed by atoms with Crippen LogP contribution in [0.25, 0.3) is 0 Å². The number of carboxylic acid groups (broad SMARTS) is 1. The van der Waals surface area contributed by atoms with Crippen LogP contribution in [-0.4, -0.2) is 28.8 Å². The van der Waals surface area contributed by atoms with Crippen LogP contribution in [0.2, 0.25) is 0 Å². The van der Waals surface area contributed by atoms with Crippen molar-refractivity contribution in [2.75, 3.05) is 6.54 Å². The SMILES string of the molecule is O=C(O)[C@@H](O)CCNCc1ccccc1. The Balaban J connectivity index is 2.15. The lowest BCUT2D eigenvalue weighted by Gasteiger charge is -2.06. The first kappa shape index (κ1) is 11.7. The fraction of sp³-hybridized carbons (Fsp3) is 0.364. The number of hydrogen-bond donors (Lipinski definition) is 3. The lowest BCUT2D eigenvalue weighted by molar-refractivity contribution is -0.146. The summed E-state index contributed by atoms with van der Waals surface area (Å²) in [5, 5.41) is 20.5. The Kier molecular flexibility index (Phi) is 4.80. The van der Waals surface area contributed by atoms with Crippen molar-refractivity contribution in [1.29, 1.82) is 0 Å². The summed E-state index contributed by atoms with van der Waals surface area (Å²) in [5.74, 6) is -1.17. The fourth-order valence-corrected chi connectivity index (χ4v) is 1.19. The lowest BCUT2D eigenvalue weighted by Crippen LogP contribution is -2.25. The molecular formula is C11H15NO3. The molecule has 0 radical (unpaired) electrons. The third kappa shape index (κ3) is 4.58. The van der Waals surface area contributed by atoms with Gasteiger partial charge in [0.1, 0.15) is 0 Å². The number of aliphatic carboxylic acids is 1. The molecule has 1 aromatic rings. The lowest BCUT2D eigenvalue weighted by atomic mass is 10.2. The van der Waals surface area contributed by atoms with Gasteiger partial charge in [-0.05, 0) is 18.5 Å². The van der Waals surface area contributed by atoms with Crippen LogP contribution >= 0.6 is 0 Å². The number of nitrogens with one attached hydrogen (secondary N) is 1. The smallest absolute Gasteiger partial charge is 0.332 e. The first-order valence-electron chi connectivity index (χ1n) is 4.85. The molecule has 0 aliphatic heterocycles. The summed E-state index contributed by atoms with van der Waals surface area (Å²) in [6.07, 6.45) is -1.05. The highest BCUT2D eigenvalue weighted by Gasteiger charge is 2.11. The second-order valence-electron chi connectivity index (χ2n) is 3.31. The van der Waals surface area contributed by atoms with E-state index in [0.717, 1.165) is 5.56 Å². The molecule has 15 heavy (non-hydrogen) atoms. The van der Waals surface area contributed by atoms with Gasteiger partial charge in [0.05, 0.1) is 0 Å². The number of carboxylic acids is 1. The quantitative estimate of drug-likeness (QED) is 0.600. The molecule has 82 valence electrons. The van der Waals surface area contributed by atoms with E-state index in [1.807, 2.05) is 30.3 Å². The minimum absolute atomic E-state index is 0.224. The molecule has 3 N–H and O–H groups in total. The van der Waals surface area contributed by atoms with E-state index >= 15 is 0 Å². The number of aliphatic hydroxyl groups is 1. The summed E-state index contributed by atoms with van der Waals surface area (Å²) < 4.78 is 0. The molecule has 1 aromatic carbocycles. The van der Waals surface area contributed by atoms with Crippen molar-refractivity contribution in [3.05, 3.63) is 35.9 Å². The molecule has 0 aliphatic carbocycles. The van der Waals surface area contributed by atoms with Gasteiger partial charge in [-0.3, -0.25) is 0 Å². The van der Waals surface area contributed by atoms with Crippen molar-refractivity contribution in [1.82, 2.24) is 5.32 Å². The number of hydrogen-bond acceptors (Lipinski definition) is 3. The maximum atomic E-state index is 10.3. The van der Waals surface area contributed by atoms with Crippen LogP contribution in [0, 0.1) is 0 Å². The summed E-state index contributed by atoms with van der Waals surface area (Å²) >= 11 is 0. The van der Waals surface area contributed by atoms with Gasteiger partial charge in [-0.2, -0.15) is 0 Å². The van der Waals surface area contributed by atoms with E-state index in [-0.39, 0.29) is 6.42 Å². The Labute approximate surface area is 88.6 Å². The summed E-state index contributed by atoms with van der Waals surface area (Å²) in [7, 11) is 0. The number of aliphatic hydroxyl groups excluding tert-OH is 1. The second kappa shape index (κ2) is 6.16. The van der Waals surface area contributed by atoms with E-state index in [1.165, 1.54) is 0 Å². The van der Waals surface area contributed by atoms with Gasteiger partial charge in [0, 0.05) is 6.54 Å². The summed E-state index contributed by atoms with van der Waals surface area (Å²) in [4.78, 5) is 10.3. The number of benzene rings is 1. The van der Waals surface area contributed by atoms with E-state index in [0.29, 0.717) is 13.1 Å². The van der Waals surface area contributed by atoms with Gasteiger partial charge >= 0.3 is 5.97 Å². The Morgan fingerprint density at radius 2 is 2.00 bits per heavy atom. The summed E-state index contributed by atoms with van der Waals surface area (Å²) in [6, 6.07) is 9.81. The monoisotopic (exact) mass is 209 g/mol. The van der Waals surface area contributed by atoms with Crippen molar-refractivity contribution in [2.45, 2.75) is 19.1 Å². The maximum Gasteiger partial charge on any atom is 0.332 e. The predicted octanol–water partition coefficient (Wildman–Crippen LogP) is 0.612. The van der Waals surface area contributed by atoms with E-state index < -0.39 is 12.1 Å². The number of carbonyl (C=O) groups is 1. The molecule has 0 saturated carbocycles. The highest BCUT2D eigenvalue weighted by Crippen LogP contribution is 1.97. The zero-order valence-electron chi connectivity index (χ0n) is 8.39. The molecule has 0 aromatic heterocycles. The van der Waals surface area contributed by atoms with Crippen LogP contribution in [0.5, 0.6) is 0 Å². The van der Waals surface area contributed by atoms with Gasteiger partial charge < -0.3 is 15.5 Å². The van der Waals surface area contributed by atoms with Crippen molar-refractivity contribution < 1.29 is 15.0 Å². The zero-order chi connectivity index (χ0) is 11.1. The molecule has 0 amide bonds. The normalized spacial score (nSPS) is 12.3. The zero-order valence-corrected chi connectivity index (χ0v) is 8.39. The van der Waals surface area contributed by atoms with Gasteiger partial charge in [0.15, 0.2) is 6.10 Å². The maximum absolute atomic E-state index is 10.3. The average Bonchev–Trinajstić information content (AvgIpc) is 2.25. The first-order valence-corrected chi connectivity index (χ1v) is 4.85. The van der Waals surface area contributed by atoms with E-state index in [1.54, 1.807) is 0 Å². The predicted molar refractivity (Wildman–Crippen MR) is 56.4 cm³/mol. The van der Waals surface area contributed by atoms with Crippen LogP contribution in [-0.2, 0) is 11.3 Å². The van der Waals surface area contributed by atoms with Gasteiger partial charge in [0.2, 0.25) is 0 Å². The topological polar surface area (TPSA) is 69.6 Å². The van der Waals surface area contributed by atoms with Crippen LogP contribution in [0.1, 0.15) is 12.0 Å². The molecular weight excluding hydrogens is 194 g/mol. The molecule has 4 heteroatoms. The van der Waals surface area contributed by atoms with E-state index in [4.69, 9.17) is 10.2 Å². The Morgan fingerprint density at radius 1 is 1.33 bits per heavy atom. The molecule has 0 heterocycles. The largest absolute Gasteiger partial charge is 0.479 e. The molecule has 0 aliphatic rings. The Bertz CT molecular complexity index is 300. The van der Waals surface area contributed by atoms with Crippen molar-refractivity contribution >= 4 is 5.97 Å².